The first-order valence-electron chi connectivity index (χ1n) is 5.96. The summed E-state index contributed by atoms with van der Waals surface area (Å²) < 4.78 is 16.0. The van der Waals surface area contributed by atoms with Crippen molar-refractivity contribution in [3.05, 3.63) is 44.1 Å². The van der Waals surface area contributed by atoms with Gasteiger partial charge in [-0.2, -0.15) is 9.36 Å². The number of nitrogens with zero attached hydrogens (tertiary/aromatic N) is 5. The topological polar surface area (TPSA) is 95.8 Å². The molecule has 104 valence electrons. The van der Waals surface area contributed by atoms with Gasteiger partial charge in [-0.25, -0.2) is 9.18 Å². The van der Waals surface area contributed by atoms with Gasteiger partial charge in [0.1, 0.15) is 5.82 Å². The average Bonchev–Trinajstić information content (AvgIpc) is 3.17. The fourth-order valence-electron chi connectivity index (χ4n) is 2.11. The van der Waals surface area contributed by atoms with E-state index in [1.54, 1.807) is 0 Å². The molecule has 0 bridgehead atoms. The highest BCUT2D eigenvalue weighted by Crippen LogP contribution is 2.44. The van der Waals surface area contributed by atoms with Gasteiger partial charge in [0, 0.05) is 18.7 Å². The lowest BCUT2D eigenvalue weighted by Crippen LogP contribution is -2.23. The number of nitro benzene ring substituents is 1. The molecule has 8 nitrogen and oxygen atoms in total. The van der Waals surface area contributed by atoms with Crippen LogP contribution in [0.15, 0.2) is 16.9 Å². The molecule has 0 N–H and O–H groups in total. The van der Waals surface area contributed by atoms with Crippen molar-refractivity contribution in [3.8, 4) is 5.69 Å². The molecule has 1 aromatic carbocycles. The first-order valence-corrected chi connectivity index (χ1v) is 5.96. The Labute approximate surface area is 111 Å². The van der Waals surface area contributed by atoms with Crippen LogP contribution in [0.1, 0.15) is 24.3 Å². The lowest BCUT2D eigenvalue weighted by Gasteiger charge is -2.08. The van der Waals surface area contributed by atoms with Crippen LogP contribution in [0.25, 0.3) is 5.69 Å². The number of hydrogen-bond acceptors (Lipinski definition) is 5. The van der Waals surface area contributed by atoms with Crippen LogP contribution in [0.2, 0.25) is 0 Å². The second-order valence-electron chi connectivity index (χ2n) is 4.69. The first kappa shape index (κ1) is 12.5. The van der Waals surface area contributed by atoms with E-state index < -0.39 is 22.1 Å². The quantitative estimate of drug-likeness (QED) is 0.614. The van der Waals surface area contributed by atoms with Gasteiger partial charge in [-0.05, 0) is 29.2 Å². The van der Waals surface area contributed by atoms with Gasteiger partial charge in [-0.3, -0.25) is 10.1 Å². The Hall–Kier alpha value is -2.58. The van der Waals surface area contributed by atoms with E-state index in [0.717, 1.165) is 34.3 Å². The van der Waals surface area contributed by atoms with Gasteiger partial charge in [0.05, 0.1) is 16.7 Å². The van der Waals surface area contributed by atoms with E-state index in [2.05, 4.69) is 10.4 Å². The summed E-state index contributed by atoms with van der Waals surface area (Å²) in [4.78, 5) is 22.0. The van der Waals surface area contributed by atoms with Gasteiger partial charge in [-0.15, -0.1) is 0 Å². The molecule has 9 heteroatoms. The lowest BCUT2D eigenvalue weighted by atomic mass is 10.1. The minimum atomic E-state index is -0.704. The van der Waals surface area contributed by atoms with Crippen LogP contribution in [0.4, 0.5) is 10.1 Å². The Bertz CT molecular complexity index is 762. The maximum atomic E-state index is 14.1. The number of aryl methyl sites for hydroxylation is 1. The summed E-state index contributed by atoms with van der Waals surface area (Å²) in [6.07, 6.45) is 1.58. The predicted octanol–water partition coefficient (Wildman–Crippen LogP) is 0.891. The van der Waals surface area contributed by atoms with Crippen molar-refractivity contribution in [2.45, 2.75) is 18.8 Å². The summed E-state index contributed by atoms with van der Waals surface area (Å²) in [6.45, 7) is 0. The molecule has 0 atom stereocenters. The molecule has 2 aromatic rings. The minimum Gasteiger partial charge on any atom is -0.258 e. The van der Waals surface area contributed by atoms with E-state index in [0.29, 0.717) is 5.56 Å². The van der Waals surface area contributed by atoms with Crippen molar-refractivity contribution in [1.82, 2.24) is 19.8 Å². The van der Waals surface area contributed by atoms with Crippen molar-refractivity contribution in [2.24, 2.45) is 7.05 Å². The zero-order valence-electron chi connectivity index (χ0n) is 10.5. The summed E-state index contributed by atoms with van der Waals surface area (Å²) >= 11 is 0. The molecular formula is C11H10FN5O3. The predicted molar refractivity (Wildman–Crippen MR) is 65.2 cm³/mol. The van der Waals surface area contributed by atoms with Gasteiger partial charge >= 0.3 is 5.69 Å². The van der Waals surface area contributed by atoms with Crippen LogP contribution in [0.5, 0.6) is 0 Å². The number of non-ortho nitro benzene ring substituents is 1. The number of benzene rings is 1. The highest BCUT2D eigenvalue weighted by molar-refractivity contribution is 5.52. The molecule has 1 fully saturated rings. The highest BCUT2D eigenvalue weighted by Gasteiger charge is 2.32. The zero-order valence-corrected chi connectivity index (χ0v) is 10.5. The van der Waals surface area contributed by atoms with Crippen LogP contribution in [-0.2, 0) is 7.05 Å². The van der Waals surface area contributed by atoms with E-state index in [1.807, 2.05) is 0 Å². The summed E-state index contributed by atoms with van der Waals surface area (Å²) in [6, 6.07) is 2.03. The molecule has 20 heavy (non-hydrogen) atoms. The van der Waals surface area contributed by atoms with Crippen molar-refractivity contribution in [2.75, 3.05) is 0 Å². The second-order valence-corrected chi connectivity index (χ2v) is 4.69. The molecule has 1 aliphatic rings. The monoisotopic (exact) mass is 279 g/mol. The van der Waals surface area contributed by atoms with Crippen molar-refractivity contribution >= 4 is 5.69 Å². The number of hydrogen-bond donors (Lipinski definition) is 0. The molecule has 1 aliphatic carbocycles. The van der Waals surface area contributed by atoms with Gasteiger partial charge in [0.2, 0.25) is 0 Å². The van der Waals surface area contributed by atoms with E-state index >= 15 is 0 Å². The molecule has 0 spiro atoms. The standard InChI is InChI=1S/C11H10FN5O3/c1-15-11(18)16(14-13-15)9-5-7(17(19)20)4-8(12)10(9)6-2-3-6/h4-6H,2-3H2,1H3. The lowest BCUT2D eigenvalue weighted by molar-refractivity contribution is -0.385. The van der Waals surface area contributed by atoms with Gasteiger partial charge in [-0.1, -0.05) is 0 Å². The Kier molecular flexibility index (Phi) is 2.63. The third-order valence-corrected chi connectivity index (χ3v) is 3.24. The largest absolute Gasteiger partial charge is 0.368 e. The molecule has 0 aliphatic heterocycles. The van der Waals surface area contributed by atoms with E-state index in [9.17, 15) is 19.3 Å². The number of aromatic nitrogens is 4. The fraction of sp³-hybridized carbons (Fsp3) is 0.364. The van der Waals surface area contributed by atoms with Crippen molar-refractivity contribution in [3.63, 3.8) is 0 Å². The van der Waals surface area contributed by atoms with Crippen LogP contribution in [0.3, 0.4) is 0 Å². The fourth-order valence-corrected chi connectivity index (χ4v) is 2.11. The summed E-state index contributed by atoms with van der Waals surface area (Å²) in [5.41, 5.74) is -0.609. The number of tetrazole rings is 1. The Morgan fingerprint density at radius 2 is 2.10 bits per heavy atom. The maximum absolute atomic E-state index is 14.1. The molecule has 0 amide bonds. The van der Waals surface area contributed by atoms with Gasteiger partial charge in [0.25, 0.3) is 5.69 Å². The Morgan fingerprint density at radius 1 is 1.40 bits per heavy atom. The van der Waals surface area contributed by atoms with Gasteiger partial charge < -0.3 is 0 Å². The summed E-state index contributed by atoms with van der Waals surface area (Å²) in [5, 5.41) is 18.0. The normalized spacial score (nSPS) is 14.5. The van der Waals surface area contributed by atoms with Crippen molar-refractivity contribution in [1.29, 1.82) is 0 Å². The zero-order chi connectivity index (χ0) is 14.4. The second kappa shape index (κ2) is 4.22. The number of rotatable bonds is 3. The van der Waals surface area contributed by atoms with Gasteiger partial charge in [0.15, 0.2) is 0 Å². The third kappa shape index (κ3) is 1.87. The SMILES string of the molecule is Cn1nnn(-c2cc([N+](=O)[O-])cc(F)c2C2CC2)c1=O. The molecular weight excluding hydrogens is 269 g/mol. The van der Waals surface area contributed by atoms with E-state index in [-0.39, 0.29) is 11.6 Å². The van der Waals surface area contributed by atoms with E-state index in [4.69, 9.17) is 0 Å². The van der Waals surface area contributed by atoms with Crippen LogP contribution < -0.4 is 5.69 Å². The molecule has 3 rings (SSSR count). The third-order valence-electron chi connectivity index (χ3n) is 3.24. The van der Waals surface area contributed by atoms with Crippen molar-refractivity contribution < 1.29 is 9.31 Å². The minimum absolute atomic E-state index is 0.0280. The molecule has 1 heterocycles. The number of nitro groups is 1. The molecule has 0 unspecified atom stereocenters. The van der Waals surface area contributed by atoms with Crippen LogP contribution in [0, 0.1) is 15.9 Å². The molecule has 1 saturated carbocycles. The smallest absolute Gasteiger partial charge is 0.258 e. The number of halogens is 1. The molecule has 0 radical (unpaired) electrons. The van der Waals surface area contributed by atoms with Crippen LogP contribution in [-0.4, -0.2) is 24.7 Å². The maximum Gasteiger partial charge on any atom is 0.368 e. The molecule has 0 saturated heterocycles. The summed E-state index contributed by atoms with van der Waals surface area (Å²) in [5.74, 6) is -0.714. The Balaban J connectivity index is 2.29. The van der Waals surface area contributed by atoms with E-state index in [1.165, 1.54) is 7.05 Å². The Morgan fingerprint density at radius 3 is 2.60 bits per heavy atom. The first-order chi connectivity index (χ1) is 9.49. The van der Waals surface area contributed by atoms with Crippen LogP contribution >= 0.6 is 0 Å². The summed E-state index contributed by atoms with van der Waals surface area (Å²) in [7, 11) is 1.40. The highest BCUT2D eigenvalue weighted by atomic mass is 19.1. The average molecular weight is 279 g/mol. The molecule has 1 aromatic heterocycles.